The molecule has 2 aliphatic heterocycles. The summed E-state index contributed by atoms with van der Waals surface area (Å²) in [7, 11) is 0. The molecule has 0 spiro atoms. The Kier molecular flexibility index (Phi) is 2.54. The van der Waals surface area contributed by atoms with E-state index in [9.17, 15) is 4.79 Å². The zero-order valence-corrected chi connectivity index (χ0v) is 8.25. The predicted octanol–water partition coefficient (Wildman–Crippen LogP) is 0.749. The van der Waals surface area contributed by atoms with Gasteiger partial charge < -0.3 is 10.2 Å². The van der Waals surface area contributed by atoms with E-state index in [-0.39, 0.29) is 0 Å². The van der Waals surface area contributed by atoms with Gasteiger partial charge in [0.1, 0.15) is 0 Å². The number of hydrogen-bond acceptors (Lipinski definition) is 2. The topological polar surface area (TPSA) is 32.3 Å². The van der Waals surface area contributed by atoms with Crippen molar-refractivity contribution in [3.05, 3.63) is 0 Å². The van der Waals surface area contributed by atoms with E-state index in [0.717, 1.165) is 25.9 Å². The lowest BCUT2D eigenvalue weighted by Crippen LogP contribution is -2.49. The molecule has 2 atom stereocenters. The molecular weight excluding hydrogens is 164 g/mol. The zero-order valence-electron chi connectivity index (χ0n) is 8.25. The van der Waals surface area contributed by atoms with Crippen molar-refractivity contribution in [2.45, 2.75) is 44.7 Å². The SMILES string of the molecule is CC1CCC(=O)N1C1CCCNC1. The van der Waals surface area contributed by atoms with Crippen molar-refractivity contribution >= 4 is 5.91 Å². The van der Waals surface area contributed by atoms with Gasteiger partial charge >= 0.3 is 0 Å². The monoisotopic (exact) mass is 182 g/mol. The van der Waals surface area contributed by atoms with Crippen LogP contribution in [0.1, 0.15) is 32.6 Å². The Hall–Kier alpha value is -0.570. The van der Waals surface area contributed by atoms with Gasteiger partial charge in [0.05, 0.1) is 0 Å². The van der Waals surface area contributed by atoms with Crippen LogP contribution in [0.5, 0.6) is 0 Å². The van der Waals surface area contributed by atoms with Gasteiger partial charge in [0, 0.05) is 25.0 Å². The summed E-state index contributed by atoms with van der Waals surface area (Å²) in [6.07, 6.45) is 4.21. The summed E-state index contributed by atoms with van der Waals surface area (Å²) in [6.45, 7) is 4.28. The van der Waals surface area contributed by atoms with Gasteiger partial charge in [0.15, 0.2) is 0 Å². The van der Waals surface area contributed by atoms with Crippen LogP contribution >= 0.6 is 0 Å². The van der Waals surface area contributed by atoms with Crippen LogP contribution in [-0.2, 0) is 4.79 Å². The quantitative estimate of drug-likeness (QED) is 0.649. The molecule has 0 aromatic carbocycles. The lowest BCUT2D eigenvalue weighted by atomic mass is 10.1. The molecule has 0 aliphatic carbocycles. The number of amides is 1. The molecule has 0 saturated carbocycles. The van der Waals surface area contributed by atoms with Crippen molar-refractivity contribution in [1.82, 2.24) is 10.2 Å². The molecule has 2 fully saturated rings. The molecule has 0 radical (unpaired) electrons. The predicted molar refractivity (Wildman–Crippen MR) is 51.4 cm³/mol. The van der Waals surface area contributed by atoms with Crippen molar-refractivity contribution in [2.24, 2.45) is 0 Å². The van der Waals surface area contributed by atoms with E-state index >= 15 is 0 Å². The maximum atomic E-state index is 11.6. The maximum absolute atomic E-state index is 11.6. The second kappa shape index (κ2) is 3.66. The van der Waals surface area contributed by atoms with E-state index in [1.165, 1.54) is 12.8 Å². The van der Waals surface area contributed by atoms with Gasteiger partial charge in [-0.1, -0.05) is 0 Å². The number of carbonyl (C=O) groups excluding carboxylic acids is 1. The molecule has 2 heterocycles. The van der Waals surface area contributed by atoms with Gasteiger partial charge in [0.25, 0.3) is 0 Å². The number of hydrogen-bond donors (Lipinski definition) is 1. The molecule has 2 aliphatic rings. The van der Waals surface area contributed by atoms with E-state index in [1.807, 2.05) is 0 Å². The summed E-state index contributed by atoms with van der Waals surface area (Å²) in [6, 6.07) is 0.941. The minimum Gasteiger partial charge on any atom is -0.336 e. The number of nitrogens with zero attached hydrogens (tertiary/aromatic N) is 1. The smallest absolute Gasteiger partial charge is 0.223 e. The van der Waals surface area contributed by atoms with Crippen molar-refractivity contribution in [3.63, 3.8) is 0 Å². The number of nitrogens with one attached hydrogen (secondary N) is 1. The molecule has 3 nitrogen and oxygen atoms in total. The van der Waals surface area contributed by atoms with Crippen LogP contribution in [0, 0.1) is 0 Å². The lowest BCUT2D eigenvalue weighted by molar-refractivity contribution is -0.131. The first-order valence-electron chi connectivity index (χ1n) is 5.31. The van der Waals surface area contributed by atoms with Crippen molar-refractivity contribution in [2.75, 3.05) is 13.1 Å². The summed E-state index contributed by atoms with van der Waals surface area (Å²) in [5.41, 5.74) is 0. The average molecular weight is 182 g/mol. The summed E-state index contributed by atoms with van der Waals surface area (Å²) in [5.74, 6) is 0.362. The number of piperidine rings is 1. The fourth-order valence-corrected chi connectivity index (χ4v) is 2.48. The van der Waals surface area contributed by atoms with Crippen LogP contribution in [0.2, 0.25) is 0 Å². The molecule has 2 unspecified atom stereocenters. The van der Waals surface area contributed by atoms with Gasteiger partial charge in [0.2, 0.25) is 5.91 Å². The molecule has 1 N–H and O–H groups in total. The third-order valence-corrected chi connectivity index (χ3v) is 3.20. The van der Waals surface area contributed by atoms with Gasteiger partial charge in [-0.15, -0.1) is 0 Å². The van der Waals surface area contributed by atoms with Gasteiger partial charge in [-0.25, -0.2) is 0 Å². The summed E-state index contributed by atoms with van der Waals surface area (Å²) in [4.78, 5) is 13.7. The molecular formula is C10H18N2O. The van der Waals surface area contributed by atoms with E-state index in [2.05, 4.69) is 17.1 Å². The van der Waals surface area contributed by atoms with Gasteiger partial charge in [-0.05, 0) is 32.7 Å². The molecule has 13 heavy (non-hydrogen) atoms. The van der Waals surface area contributed by atoms with Crippen molar-refractivity contribution in [1.29, 1.82) is 0 Å². The fraction of sp³-hybridized carbons (Fsp3) is 0.900. The molecule has 2 rings (SSSR count). The molecule has 0 aromatic heterocycles. The first-order valence-corrected chi connectivity index (χ1v) is 5.31. The average Bonchev–Trinajstić information content (AvgIpc) is 2.48. The van der Waals surface area contributed by atoms with Crippen LogP contribution < -0.4 is 5.32 Å². The normalized spacial score (nSPS) is 35.5. The maximum Gasteiger partial charge on any atom is 0.223 e. The van der Waals surface area contributed by atoms with Gasteiger partial charge in [-0.3, -0.25) is 4.79 Å². The van der Waals surface area contributed by atoms with E-state index in [0.29, 0.717) is 18.0 Å². The van der Waals surface area contributed by atoms with Crippen LogP contribution in [-0.4, -0.2) is 36.0 Å². The Morgan fingerprint density at radius 1 is 1.46 bits per heavy atom. The number of carbonyl (C=O) groups is 1. The Morgan fingerprint density at radius 3 is 2.85 bits per heavy atom. The Labute approximate surface area is 79.5 Å². The Balaban J connectivity index is 2.00. The molecule has 3 heteroatoms. The molecule has 2 saturated heterocycles. The fourth-order valence-electron chi connectivity index (χ4n) is 2.48. The first kappa shape index (κ1) is 9.00. The van der Waals surface area contributed by atoms with Gasteiger partial charge in [-0.2, -0.15) is 0 Å². The molecule has 0 aromatic rings. The number of rotatable bonds is 1. The second-order valence-corrected chi connectivity index (χ2v) is 4.19. The minimum atomic E-state index is 0.362. The van der Waals surface area contributed by atoms with Crippen molar-refractivity contribution < 1.29 is 4.79 Å². The molecule has 74 valence electrons. The molecule has 0 bridgehead atoms. The van der Waals surface area contributed by atoms with Crippen LogP contribution in [0.3, 0.4) is 0 Å². The highest BCUT2D eigenvalue weighted by atomic mass is 16.2. The highest BCUT2D eigenvalue weighted by Crippen LogP contribution is 2.23. The zero-order chi connectivity index (χ0) is 9.26. The number of likely N-dealkylation sites (tertiary alicyclic amines) is 1. The summed E-state index contributed by atoms with van der Waals surface area (Å²) < 4.78 is 0. The highest BCUT2D eigenvalue weighted by molar-refractivity contribution is 5.79. The van der Waals surface area contributed by atoms with E-state index in [1.54, 1.807) is 0 Å². The van der Waals surface area contributed by atoms with Crippen molar-refractivity contribution in [3.8, 4) is 0 Å². The lowest BCUT2D eigenvalue weighted by Gasteiger charge is -2.34. The van der Waals surface area contributed by atoms with E-state index < -0.39 is 0 Å². The molecule has 1 amide bonds. The third-order valence-electron chi connectivity index (χ3n) is 3.20. The summed E-state index contributed by atoms with van der Waals surface area (Å²) >= 11 is 0. The third kappa shape index (κ3) is 1.70. The summed E-state index contributed by atoms with van der Waals surface area (Å²) in [5, 5.41) is 3.36. The van der Waals surface area contributed by atoms with E-state index in [4.69, 9.17) is 0 Å². The highest BCUT2D eigenvalue weighted by Gasteiger charge is 2.33. The van der Waals surface area contributed by atoms with Crippen LogP contribution in [0.25, 0.3) is 0 Å². The largest absolute Gasteiger partial charge is 0.336 e. The Morgan fingerprint density at radius 2 is 2.31 bits per heavy atom. The second-order valence-electron chi connectivity index (χ2n) is 4.19. The standard InChI is InChI=1S/C10H18N2O/c1-8-4-5-10(13)12(8)9-3-2-6-11-7-9/h8-9,11H,2-7H2,1H3. The Bertz CT molecular complexity index is 199. The minimum absolute atomic E-state index is 0.362. The first-order chi connectivity index (χ1) is 6.29. The van der Waals surface area contributed by atoms with Crippen LogP contribution in [0.4, 0.5) is 0 Å². The van der Waals surface area contributed by atoms with Crippen LogP contribution in [0.15, 0.2) is 0 Å².